The van der Waals surface area contributed by atoms with E-state index in [2.05, 4.69) is 11.9 Å². The molecular weight excluding hydrogens is 222 g/mol. The zero-order chi connectivity index (χ0) is 12.8. The van der Waals surface area contributed by atoms with Gasteiger partial charge in [0.15, 0.2) is 0 Å². The molecule has 0 atom stereocenters. The Hall–Kier alpha value is -0.0800. The topological polar surface area (TPSA) is 12.5 Å². The maximum Gasteiger partial charge on any atom is 0.0571 e. The molecule has 0 aromatic rings. The Morgan fingerprint density at radius 2 is 1.44 bits per heavy atom. The van der Waals surface area contributed by atoms with E-state index in [4.69, 9.17) is 4.74 Å². The van der Waals surface area contributed by atoms with E-state index < -0.39 is 0 Å². The summed E-state index contributed by atoms with van der Waals surface area (Å²) in [6.45, 7) is 2.65. The molecule has 2 nitrogen and oxygen atoms in total. The summed E-state index contributed by atoms with van der Waals surface area (Å²) in [6.07, 6.45) is 13.3. The highest BCUT2D eigenvalue weighted by Gasteiger charge is 2.21. The Balaban J connectivity index is 1.53. The van der Waals surface area contributed by atoms with Crippen LogP contribution in [0.2, 0.25) is 0 Å². The average molecular weight is 253 g/mol. The lowest BCUT2D eigenvalue weighted by Gasteiger charge is -2.30. The van der Waals surface area contributed by atoms with Gasteiger partial charge in [0.25, 0.3) is 0 Å². The number of methoxy groups -OCH3 is 1. The third-order valence-electron chi connectivity index (χ3n) is 5.19. The monoisotopic (exact) mass is 253 g/mol. The van der Waals surface area contributed by atoms with Gasteiger partial charge in [0, 0.05) is 7.11 Å². The van der Waals surface area contributed by atoms with Crippen LogP contribution in [0, 0.1) is 11.8 Å². The van der Waals surface area contributed by atoms with Crippen LogP contribution in [0.25, 0.3) is 0 Å². The molecule has 0 aromatic heterocycles. The fourth-order valence-electron chi connectivity index (χ4n) is 3.70. The first-order valence-corrected chi connectivity index (χ1v) is 7.99. The molecule has 2 heteroatoms. The highest BCUT2D eigenvalue weighted by molar-refractivity contribution is 4.74. The average Bonchev–Trinajstić information content (AvgIpc) is 2.42. The van der Waals surface area contributed by atoms with Crippen molar-refractivity contribution in [3.05, 3.63) is 0 Å². The molecule has 1 aliphatic carbocycles. The van der Waals surface area contributed by atoms with Crippen LogP contribution in [0.1, 0.15) is 57.8 Å². The Morgan fingerprint density at radius 1 is 0.889 bits per heavy atom. The second-order valence-corrected chi connectivity index (χ2v) is 6.56. The lowest BCUT2D eigenvalue weighted by Crippen LogP contribution is -2.30. The summed E-state index contributed by atoms with van der Waals surface area (Å²) in [7, 11) is 4.12. The van der Waals surface area contributed by atoms with Gasteiger partial charge in [-0.1, -0.05) is 19.3 Å². The molecular formula is C16H31NO. The van der Waals surface area contributed by atoms with Crippen molar-refractivity contribution in [1.29, 1.82) is 0 Å². The van der Waals surface area contributed by atoms with E-state index in [1.807, 2.05) is 7.11 Å². The molecule has 0 radical (unpaired) electrons. The Labute approximate surface area is 113 Å². The van der Waals surface area contributed by atoms with E-state index in [9.17, 15) is 0 Å². The first-order valence-electron chi connectivity index (χ1n) is 7.99. The molecule has 2 rings (SSSR count). The van der Waals surface area contributed by atoms with Crippen molar-refractivity contribution in [2.24, 2.45) is 11.8 Å². The Bertz CT molecular complexity index is 215. The smallest absolute Gasteiger partial charge is 0.0571 e. The first-order chi connectivity index (χ1) is 8.78. The van der Waals surface area contributed by atoms with Crippen molar-refractivity contribution < 1.29 is 4.74 Å². The summed E-state index contributed by atoms with van der Waals surface area (Å²) in [5, 5.41) is 0. The van der Waals surface area contributed by atoms with E-state index in [1.165, 1.54) is 70.9 Å². The predicted octanol–water partition coefficient (Wildman–Crippen LogP) is 3.70. The van der Waals surface area contributed by atoms with Crippen LogP contribution in [0.15, 0.2) is 0 Å². The molecule has 0 bridgehead atoms. The Morgan fingerprint density at radius 3 is 2.00 bits per heavy atom. The number of likely N-dealkylation sites (tertiary alicyclic amines) is 1. The number of rotatable bonds is 5. The van der Waals surface area contributed by atoms with E-state index in [0.29, 0.717) is 6.10 Å². The van der Waals surface area contributed by atoms with Gasteiger partial charge in [-0.3, -0.25) is 0 Å². The lowest BCUT2D eigenvalue weighted by atomic mass is 9.82. The minimum Gasteiger partial charge on any atom is -0.381 e. The van der Waals surface area contributed by atoms with Crippen molar-refractivity contribution in [2.45, 2.75) is 63.9 Å². The van der Waals surface area contributed by atoms with Crippen LogP contribution < -0.4 is 0 Å². The molecule has 0 amide bonds. The minimum atomic E-state index is 0.565. The summed E-state index contributed by atoms with van der Waals surface area (Å²) >= 11 is 0. The van der Waals surface area contributed by atoms with Gasteiger partial charge in [0.2, 0.25) is 0 Å². The third-order valence-corrected chi connectivity index (χ3v) is 5.19. The van der Waals surface area contributed by atoms with Crippen LogP contribution in [0.3, 0.4) is 0 Å². The van der Waals surface area contributed by atoms with E-state index in [0.717, 1.165) is 11.8 Å². The quantitative estimate of drug-likeness (QED) is 0.740. The lowest BCUT2D eigenvalue weighted by molar-refractivity contribution is 0.0548. The second kappa shape index (κ2) is 7.49. The van der Waals surface area contributed by atoms with Crippen molar-refractivity contribution in [3.8, 4) is 0 Å². The zero-order valence-electron chi connectivity index (χ0n) is 12.4. The first kappa shape index (κ1) is 14.3. The summed E-state index contributed by atoms with van der Waals surface area (Å²) in [4.78, 5) is 2.47. The number of hydrogen-bond donors (Lipinski definition) is 0. The number of hydrogen-bond acceptors (Lipinski definition) is 2. The van der Waals surface area contributed by atoms with Gasteiger partial charge in [-0.15, -0.1) is 0 Å². The van der Waals surface area contributed by atoms with Gasteiger partial charge in [0.1, 0.15) is 0 Å². The minimum absolute atomic E-state index is 0.565. The maximum absolute atomic E-state index is 5.44. The normalized spacial score (nSPS) is 31.7. The molecule has 1 saturated heterocycles. The van der Waals surface area contributed by atoms with Crippen molar-refractivity contribution in [3.63, 3.8) is 0 Å². The summed E-state index contributed by atoms with van der Waals surface area (Å²) in [6, 6.07) is 0. The molecule has 0 unspecified atom stereocenters. The van der Waals surface area contributed by atoms with Gasteiger partial charge < -0.3 is 9.64 Å². The highest BCUT2D eigenvalue weighted by Crippen LogP contribution is 2.31. The molecule has 18 heavy (non-hydrogen) atoms. The zero-order valence-corrected chi connectivity index (χ0v) is 12.4. The van der Waals surface area contributed by atoms with Crippen LogP contribution >= 0.6 is 0 Å². The summed E-state index contributed by atoms with van der Waals surface area (Å²) in [5.41, 5.74) is 0. The summed E-state index contributed by atoms with van der Waals surface area (Å²) < 4.78 is 5.44. The highest BCUT2D eigenvalue weighted by atomic mass is 16.5. The third kappa shape index (κ3) is 4.55. The maximum atomic E-state index is 5.44. The molecule has 2 fully saturated rings. The molecule has 1 heterocycles. The summed E-state index contributed by atoms with van der Waals surface area (Å²) in [5.74, 6) is 2.03. The molecule has 1 aliphatic heterocycles. The number of piperidine rings is 1. The fourth-order valence-corrected chi connectivity index (χ4v) is 3.70. The van der Waals surface area contributed by atoms with Crippen LogP contribution in [-0.2, 0) is 4.74 Å². The molecule has 1 saturated carbocycles. The van der Waals surface area contributed by atoms with Crippen LogP contribution in [0.4, 0.5) is 0 Å². The van der Waals surface area contributed by atoms with Gasteiger partial charge in [-0.05, 0) is 70.5 Å². The fraction of sp³-hybridized carbons (Fsp3) is 1.00. The van der Waals surface area contributed by atoms with Gasteiger partial charge in [-0.25, -0.2) is 0 Å². The SMILES string of the molecule is CO[C@H]1CC[C@H](CCCC2CCN(C)CC2)CC1. The van der Waals surface area contributed by atoms with E-state index in [1.54, 1.807) is 0 Å². The number of nitrogens with zero attached hydrogens (tertiary/aromatic N) is 1. The largest absolute Gasteiger partial charge is 0.381 e. The van der Waals surface area contributed by atoms with E-state index in [-0.39, 0.29) is 0 Å². The molecule has 0 spiro atoms. The van der Waals surface area contributed by atoms with Crippen LogP contribution in [-0.4, -0.2) is 38.3 Å². The van der Waals surface area contributed by atoms with Crippen LogP contribution in [0.5, 0.6) is 0 Å². The number of ether oxygens (including phenoxy) is 1. The molecule has 106 valence electrons. The second-order valence-electron chi connectivity index (χ2n) is 6.56. The van der Waals surface area contributed by atoms with Gasteiger partial charge in [0.05, 0.1) is 6.10 Å². The molecule has 2 aliphatic rings. The standard InChI is InChI=1S/C16H31NO/c1-17-12-10-15(11-13-17)5-3-4-14-6-8-16(18-2)9-7-14/h14-16H,3-13H2,1-2H3/t14-,16-. The molecule has 0 N–H and O–H groups in total. The van der Waals surface area contributed by atoms with Crippen molar-refractivity contribution >= 4 is 0 Å². The van der Waals surface area contributed by atoms with Gasteiger partial charge in [-0.2, -0.15) is 0 Å². The van der Waals surface area contributed by atoms with Crippen molar-refractivity contribution in [1.82, 2.24) is 4.90 Å². The predicted molar refractivity (Wildman–Crippen MR) is 76.8 cm³/mol. The Kier molecular flexibility index (Phi) is 5.97. The molecule has 0 aromatic carbocycles. The van der Waals surface area contributed by atoms with Crippen molar-refractivity contribution in [2.75, 3.05) is 27.2 Å². The van der Waals surface area contributed by atoms with Gasteiger partial charge >= 0.3 is 0 Å². The van der Waals surface area contributed by atoms with E-state index >= 15 is 0 Å².